The number of carbonyl (C=O) groups excluding carboxylic acids is 1. The number of hydrogen-bond donors (Lipinski definition) is 1. The van der Waals surface area contributed by atoms with Gasteiger partial charge in [0.1, 0.15) is 5.56 Å². The van der Waals surface area contributed by atoms with E-state index in [2.05, 4.69) is 16.4 Å². The van der Waals surface area contributed by atoms with Gasteiger partial charge in [-0.2, -0.15) is 0 Å². The molecule has 5 nitrogen and oxygen atoms in total. The molecule has 5 rings (SSSR count). The third kappa shape index (κ3) is 2.86. The Bertz CT molecular complexity index is 937. The standard InChI is InChI=1S/C21H24N2O3S/c24-19-15(13-14-3-1-2-4-17(14)22-19)20(25)23-9-7-21(8-10-23)16-6-12-27-18(16)5-11-26-21/h6,12-13H,1-5,7-11H2,(H,22,24). The smallest absolute Gasteiger partial charge is 0.261 e. The number of nitrogens with one attached hydrogen (secondary N) is 1. The molecule has 2 aromatic heterocycles. The van der Waals surface area contributed by atoms with Crippen molar-refractivity contribution in [3.8, 4) is 0 Å². The van der Waals surface area contributed by atoms with Crippen molar-refractivity contribution < 1.29 is 9.53 Å². The maximum atomic E-state index is 13.0. The van der Waals surface area contributed by atoms with Crippen LogP contribution < -0.4 is 5.56 Å². The van der Waals surface area contributed by atoms with Crippen LogP contribution in [0.2, 0.25) is 0 Å². The van der Waals surface area contributed by atoms with E-state index in [0.717, 1.165) is 62.8 Å². The van der Waals surface area contributed by atoms with E-state index in [4.69, 9.17) is 4.74 Å². The lowest BCUT2D eigenvalue weighted by atomic mass is 9.82. The molecule has 1 saturated heterocycles. The molecule has 27 heavy (non-hydrogen) atoms. The average molecular weight is 385 g/mol. The van der Waals surface area contributed by atoms with Crippen molar-refractivity contribution in [2.45, 2.75) is 50.5 Å². The summed E-state index contributed by atoms with van der Waals surface area (Å²) in [5, 5.41) is 2.14. The first-order chi connectivity index (χ1) is 13.2. The van der Waals surface area contributed by atoms with E-state index in [9.17, 15) is 9.59 Å². The van der Waals surface area contributed by atoms with Crippen molar-refractivity contribution in [1.82, 2.24) is 9.88 Å². The molecule has 1 N–H and O–H groups in total. The Hall–Kier alpha value is -1.92. The van der Waals surface area contributed by atoms with E-state index in [1.165, 1.54) is 10.4 Å². The minimum atomic E-state index is -0.243. The van der Waals surface area contributed by atoms with Crippen LogP contribution in [0, 0.1) is 0 Å². The number of piperidine rings is 1. The Morgan fingerprint density at radius 2 is 2.00 bits per heavy atom. The molecular weight excluding hydrogens is 360 g/mol. The molecule has 0 saturated carbocycles. The second-order valence-electron chi connectivity index (χ2n) is 7.87. The van der Waals surface area contributed by atoms with Crippen molar-refractivity contribution in [2.75, 3.05) is 19.7 Å². The van der Waals surface area contributed by atoms with E-state index >= 15 is 0 Å². The fourth-order valence-corrected chi connectivity index (χ4v) is 5.80. The Labute approximate surface area is 162 Å². The Balaban J connectivity index is 1.36. The van der Waals surface area contributed by atoms with Crippen molar-refractivity contribution in [2.24, 2.45) is 0 Å². The van der Waals surface area contributed by atoms with E-state index in [0.29, 0.717) is 18.7 Å². The van der Waals surface area contributed by atoms with Crippen LogP contribution in [0.4, 0.5) is 0 Å². The minimum Gasteiger partial charge on any atom is -0.370 e. The van der Waals surface area contributed by atoms with Crippen LogP contribution in [0.1, 0.15) is 57.7 Å². The molecule has 4 heterocycles. The number of carbonyl (C=O) groups is 1. The lowest BCUT2D eigenvalue weighted by molar-refractivity contribution is -0.0926. The highest BCUT2D eigenvalue weighted by molar-refractivity contribution is 7.10. The van der Waals surface area contributed by atoms with Crippen molar-refractivity contribution in [3.05, 3.63) is 55.1 Å². The summed E-state index contributed by atoms with van der Waals surface area (Å²) in [5.41, 5.74) is 3.28. The number of fused-ring (bicyclic) bond motifs is 3. The van der Waals surface area contributed by atoms with Gasteiger partial charge in [0.25, 0.3) is 11.5 Å². The maximum absolute atomic E-state index is 13.0. The van der Waals surface area contributed by atoms with Crippen LogP contribution >= 0.6 is 11.3 Å². The summed E-state index contributed by atoms with van der Waals surface area (Å²) in [5.74, 6) is -0.138. The lowest BCUT2D eigenvalue weighted by Crippen LogP contribution is -2.48. The molecule has 1 fully saturated rings. The number of amides is 1. The summed E-state index contributed by atoms with van der Waals surface area (Å²) in [7, 11) is 0. The molecule has 0 radical (unpaired) electrons. The summed E-state index contributed by atoms with van der Waals surface area (Å²) in [6, 6.07) is 4.03. The Kier molecular flexibility index (Phi) is 4.20. The Morgan fingerprint density at radius 3 is 2.85 bits per heavy atom. The number of pyridine rings is 1. The average Bonchev–Trinajstić information content (AvgIpc) is 3.18. The fourth-order valence-electron chi connectivity index (χ4n) is 4.85. The van der Waals surface area contributed by atoms with Gasteiger partial charge in [0.2, 0.25) is 0 Å². The SMILES string of the molecule is O=C(c1cc2c([nH]c1=O)CCCC2)N1CCC2(CC1)OCCc1sccc12. The van der Waals surface area contributed by atoms with Crippen LogP contribution in [-0.2, 0) is 29.6 Å². The fraction of sp³-hybridized carbons (Fsp3) is 0.524. The highest BCUT2D eigenvalue weighted by Crippen LogP contribution is 2.43. The summed E-state index contributed by atoms with van der Waals surface area (Å²) >= 11 is 1.81. The molecule has 2 aliphatic heterocycles. The van der Waals surface area contributed by atoms with Gasteiger partial charge in [0.05, 0.1) is 12.2 Å². The summed E-state index contributed by atoms with van der Waals surface area (Å²) in [4.78, 5) is 31.7. The number of rotatable bonds is 1. The maximum Gasteiger partial charge on any atom is 0.261 e. The quantitative estimate of drug-likeness (QED) is 0.822. The monoisotopic (exact) mass is 384 g/mol. The molecule has 0 aromatic carbocycles. The van der Waals surface area contributed by atoms with Crippen LogP contribution in [0.3, 0.4) is 0 Å². The zero-order valence-electron chi connectivity index (χ0n) is 15.4. The van der Waals surface area contributed by atoms with E-state index in [-0.39, 0.29) is 17.1 Å². The van der Waals surface area contributed by atoms with Crippen LogP contribution in [0.25, 0.3) is 0 Å². The first-order valence-corrected chi connectivity index (χ1v) is 10.8. The first kappa shape index (κ1) is 17.2. The molecule has 2 aromatic rings. The summed E-state index contributed by atoms with van der Waals surface area (Å²) in [6.45, 7) is 2.02. The van der Waals surface area contributed by atoms with Crippen molar-refractivity contribution >= 4 is 17.2 Å². The molecule has 3 aliphatic rings. The predicted octanol–water partition coefficient (Wildman–Crippen LogP) is 3.02. The first-order valence-electron chi connectivity index (χ1n) is 9.91. The van der Waals surface area contributed by atoms with Crippen molar-refractivity contribution in [3.63, 3.8) is 0 Å². The number of aromatic nitrogens is 1. The van der Waals surface area contributed by atoms with Crippen LogP contribution in [0.15, 0.2) is 22.3 Å². The van der Waals surface area contributed by atoms with Gasteiger partial charge in [-0.15, -0.1) is 11.3 Å². The molecule has 1 amide bonds. The number of likely N-dealkylation sites (tertiary alicyclic amines) is 1. The molecule has 142 valence electrons. The van der Waals surface area contributed by atoms with Crippen LogP contribution in [-0.4, -0.2) is 35.5 Å². The zero-order valence-corrected chi connectivity index (χ0v) is 16.2. The third-order valence-electron chi connectivity index (χ3n) is 6.37. The minimum absolute atomic E-state index is 0.138. The predicted molar refractivity (Wildman–Crippen MR) is 104 cm³/mol. The highest BCUT2D eigenvalue weighted by atomic mass is 32.1. The second-order valence-corrected chi connectivity index (χ2v) is 8.87. The molecule has 0 atom stereocenters. The van der Waals surface area contributed by atoms with Gasteiger partial charge < -0.3 is 14.6 Å². The van der Waals surface area contributed by atoms with E-state index < -0.39 is 0 Å². The van der Waals surface area contributed by atoms with Gasteiger partial charge in [-0.05, 0) is 67.2 Å². The summed E-state index contributed by atoms with van der Waals surface area (Å²) in [6.07, 6.45) is 6.67. The van der Waals surface area contributed by atoms with Gasteiger partial charge >= 0.3 is 0 Å². The number of H-pyrrole nitrogens is 1. The molecule has 0 unspecified atom stereocenters. The molecule has 6 heteroatoms. The van der Waals surface area contributed by atoms with Gasteiger partial charge in [0.15, 0.2) is 0 Å². The van der Waals surface area contributed by atoms with Crippen molar-refractivity contribution in [1.29, 1.82) is 0 Å². The van der Waals surface area contributed by atoms with Gasteiger partial charge in [-0.3, -0.25) is 9.59 Å². The van der Waals surface area contributed by atoms with E-state index in [1.807, 2.05) is 11.0 Å². The molecule has 1 spiro atoms. The molecule has 1 aliphatic carbocycles. The largest absolute Gasteiger partial charge is 0.370 e. The number of aromatic amines is 1. The number of aryl methyl sites for hydroxylation is 2. The van der Waals surface area contributed by atoms with Gasteiger partial charge in [-0.25, -0.2) is 0 Å². The second kappa shape index (κ2) is 6.60. The third-order valence-corrected chi connectivity index (χ3v) is 7.35. The van der Waals surface area contributed by atoms with Gasteiger partial charge in [0, 0.05) is 30.1 Å². The number of ether oxygens (including phenoxy) is 1. The topological polar surface area (TPSA) is 62.4 Å². The molecule has 0 bridgehead atoms. The number of nitrogens with zero attached hydrogens (tertiary/aromatic N) is 1. The lowest BCUT2D eigenvalue weighted by Gasteiger charge is -2.44. The zero-order chi connectivity index (χ0) is 18.4. The normalized spacial score (nSPS) is 21.0. The Morgan fingerprint density at radius 1 is 1.19 bits per heavy atom. The number of thiophene rings is 1. The molecular formula is C21H24N2O3S. The van der Waals surface area contributed by atoms with Crippen LogP contribution in [0.5, 0.6) is 0 Å². The van der Waals surface area contributed by atoms with E-state index in [1.54, 1.807) is 11.3 Å². The van der Waals surface area contributed by atoms with Gasteiger partial charge in [-0.1, -0.05) is 0 Å². The summed E-state index contributed by atoms with van der Waals surface area (Å²) < 4.78 is 6.22. The highest BCUT2D eigenvalue weighted by Gasteiger charge is 2.42. The number of hydrogen-bond acceptors (Lipinski definition) is 4.